The first-order valence-electron chi connectivity index (χ1n) is 7.37. The molecule has 4 atom stereocenters. The van der Waals surface area contributed by atoms with Gasteiger partial charge in [-0.05, 0) is 25.7 Å². The number of hydrogen-bond donors (Lipinski definition) is 2. The van der Waals surface area contributed by atoms with Gasteiger partial charge in [-0.2, -0.15) is 0 Å². The van der Waals surface area contributed by atoms with Crippen LogP contribution in [0, 0.1) is 20.2 Å². The normalized spacial score (nSPS) is 34.6. The summed E-state index contributed by atoms with van der Waals surface area (Å²) in [7, 11) is 0. The highest BCUT2D eigenvalue weighted by molar-refractivity contribution is 4.84. The Bertz CT molecular complexity index is 331. The quantitative estimate of drug-likeness (QED) is 0.581. The van der Waals surface area contributed by atoms with Crippen LogP contribution in [-0.4, -0.2) is 34.0 Å². The van der Waals surface area contributed by atoms with Crippen LogP contribution < -0.4 is 10.9 Å². The molecule has 0 aromatic heterocycles. The van der Waals surface area contributed by atoms with Gasteiger partial charge < -0.3 is 0 Å². The van der Waals surface area contributed by atoms with Gasteiger partial charge in [-0.15, -0.1) is 0 Å². The lowest BCUT2D eigenvalue weighted by Gasteiger charge is -2.31. The average Bonchev–Trinajstić information content (AvgIpc) is 2.45. The van der Waals surface area contributed by atoms with Gasteiger partial charge in [0.15, 0.2) is 0 Å². The minimum Gasteiger partial charge on any atom is -0.264 e. The number of rotatable bonds is 5. The minimum atomic E-state index is -0.589. The highest BCUT2D eigenvalue weighted by atomic mass is 16.6. The Balaban J connectivity index is 1.88. The Morgan fingerprint density at radius 1 is 0.700 bits per heavy atom. The molecule has 20 heavy (non-hydrogen) atoms. The third-order valence-electron chi connectivity index (χ3n) is 4.45. The molecule has 2 aliphatic rings. The second kappa shape index (κ2) is 6.94. The Kier molecular flexibility index (Phi) is 5.24. The molecular weight excluding hydrogens is 264 g/mol. The average molecular weight is 286 g/mol. The first-order chi connectivity index (χ1) is 9.59. The van der Waals surface area contributed by atoms with Crippen molar-refractivity contribution in [2.45, 2.75) is 75.5 Å². The van der Waals surface area contributed by atoms with E-state index in [9.17, 15) is 20.2 Å². The van der Waals surface area contributed by atoms with Crippen molar-refractivity contribution in [2.75, 3.05) is 0 Å². The first-order valence-corrected chi connectivity index (χ1v) is 7.37. The van der Waals surface area contributed by atoms with E-state index in [2.05, 4.69) is 10.9 Å². The molecule has 0 heterocycles. The topological polar surface area (TPSA) is 110 Å². The lowest BCUT2D eigenvalue weighted by atomic mass is 9.90. The smallest absolute Gasteiger partial charge is 0.229 e. The third-order valence-corrected chi connectivity index (χ3v) is 4.45. The summed E-state index contributed by atoms with van der Waals surface area (Å²) < 4.78 is 0. The maximum Gasteiger partial charge on any atom is 0.229 e. The molecular formula is C12H22N4O4. The summed E-state index contributed by atoms with van der Waals surface area (Å²) >= 11 is 0. The first kappa shape index (κ1) is 15.1. The maximum atomic E-state index is 11.0. The molecule has 0 spiro atoms. The number of hydrogen-bond acceptors (Lipinski definition) is 6. The van der Waals surface area contributed by atoms with Gasteiger partial charge in [0.05, 0.1) is 12.1 Å². The van der Waals surface area contributed by atoms with Crippen LogP contribution in [0.25, 0.3) is 0 Å². The highest BCUT2D eigenvalue weighted by Crippen LogP contribution is 2.22. The molecule has 2 N–H and O–H groups in total. The SMILES string of the molecule is O=[N+]([O-])C1CCCCC1NNC1CCCCC1[N+](=O)[O-]. The molecule has 0 amide bonds. The second-order valence-electron chi connectivity index (χ2n) is 5.78. The third kappa shape index (κ3) is 3.63. The molecule has 4 unspecified atom stereocenters. The maximum absolute atomic E-state index is 11.0. The van der Waals surface area contributed by atoms with Crippen LogP contribution in [0.1, 0.15) is 51.4 Å². The number of nitrogens with one attached hydrogen (secondary N) is 2. The molecule has 0 aliphatic heterocycles. The standard InChI is InChI=1S/C12H22N4O4/c17-15(18)11-7-3-1-5-9(11)13-14-10-6-2-4-8-12(10)16(19)20/h9-14H,1-8H2. The molecule has 0 bridgehead atoms. The summed E-state index contributed by atoms with van der Waals surface area (Å²) in [6, 6.07) is -1.64. The summed E-state index contributed by atoms with van der Waals surface area (Å²) in [6.45, 7) is 0. The molecule has 2 saturated carbocycles. The number of nitrogens with zero attached hydrogens (tertiary/aromatic N) is 2. The van der Waals surface area contributed by atoms with E-state index in [1.807, 2.05) is 0 Å². The predicted molar refractivity (Wildman–Crippen MR) is 72.3 cm³/mol. The van der Waals surface area contributed by atoms with Gasteiger partial charge in [0.25, 0.3) is 0 Å². The van der Waals surface area contributed by atoms with Gasteiger partial charge in [-0.25, -0.2) is 10.9 Å². The van der Waals surface area contributed by atoms with Crippen molar-refractivity contribution in [3.05, 3.63) is 20.2 Å². The van der Waals surface area contributed by atoms with Crippen molar-refractivity contribution in [3.63, 3.8) is 0 Å². The largest absolute Gasteiger partial charge is 0.264 e. The zero-order valence-corrected chi connectivity index (χ0v) is 11.5. The van der Waals surface area contributed by atoms with Crippen molar-refractivity contribution in [2.24, 2.45) is 0 Å². The van der Waals surface area contributed by atoms with Crippen molar-refractivity contribution in [1.29, 1.82) is 0 Å². The van der Waals surface area contributed by atoms with Crippen LogP contribution in [0.5, 0.6) is 0 Å². The molecule has 0 saturated heterocycles. The Hall–Kier alpha value is -1.28. The Morgan fingerprint density at radius 2 is 1.05 bits per heavy atom. The van der Waals surface area contributed by atoms with E-state index in [0.29, 0.717) is 12.8 Å². The summed E-state index contributed by atoms with van der Waals surface area (Å²) in [6.07, 6.45) is 6.34. The summed E-state index contributed by atoms with van der Waals surface area (Å²) in [4.78, 5) is 21.6. The molecule has 2 fully saturated rings. The van der Waals surface area contributed by atoms with Crippen LogP contribution in [0.4, 0.5) is 0 Å². The molecule has 2 rings (SSSR count). The fourth-order valence-electron chi connectivity index (χ4n) is 3.28. The molecule has 8 nitrogen and oxygen atoms in total. The number of hydrazine groups is 1. The zero-order valence-electron chi connectivity index (χ0n) is 11.5. The van der Waals surface area contributed by atoms with Crippen LogP contribution in [-0.2, 0) is 0 Å². The van der Waals surface area contributed by atoms with Crippen molar-refractivity contribution >= 4 is 0 Å². The van der Waals surface area contributed by atoms with E-state index in [4.69, 9.17) is 0 Å². The molecule has 114 valence electrons. The minimum absolute atomic E-state index is 0.229. The Labute approximate surface area is 117 Å². The lowest BCUT2D eigenvalue weighted by molar-refractivity contribution is -0.533. The summed E-state index contributed by atoms with van der Waals surface area (Å²) in [5, 5.41) is 22.0. The number of nitro groups is 2. The van der Waals surface area contributed by atoms with Gasteiger partial charge in [-0.1, -0.05) is 12.8 Å². The van der Waals surface area contributed by atoms with Crippen LogP contribution in [0.15, 0.2) is 0 Å². The highest BCUT2D eigenvalue weighted by Gasteiger charge is 2.37. The Morgan fingerprint density at radius 3 is 1.40 bits per heavy atom. The van der Waals surface area contributed by atoms with E-state index in [0.717, 1.165) is 38.5 Å². The van der Waals surface area contributed by atoms with Crippen molar-refractivity contribution in [1.82, 2.24) is 10.9 Å². The van der Waals surface area contributed by atoms with Crippen LogP contribution in [0.2, 0.25) is 0 Å². The molecule has 0 radical (unpaired) electrons. The van der Waals surface area contributed by atoms with Gasteiger partial charge in [0, 0.05) is 22.7 Å². The predicted octanol–water partition coefficient (Wildman–Crippen LogP) is 1.26. The van der Waals surface area contributed by atoms with E-state index in [1.165, 1.54) is 0 Å². The second-order valence-corrected chi connectivity index (χ2v) is 5.78. The fraction of sp³-hybridized carbons (Fsp3) is 1.00. The molecule has 0 aromatic carbocycles. The van der Waals surface area contributed by atoms with Gasteiger partial charge in [0.1, 0.15) is 0 Å². The van der Waals surface area contributed by atoms with Gasteiger partial charge >= 0.3 is 0 Å². The van der Waals surface area contributed by atoms with Gasteiger partial charge in [-0.3, -0.25) is 20.2 Å². The van der Waals surface area contributed by atoms with E-state index in [-0.39, 0.29) is 21.9 Å². The summed E-state index contributed by atoms with van der Waals surface area (Å²) in [5.41, 5.74) is 6.02. The zero-order chi connectivity index (χ0) is 14.5. The van der Waals surface area contributed by atoms with E-state index in [1.54, 1.807) is 0 Å². The van der Waals surface area contributed by atoms with E-state index < -0.39 is 12.1 Å². The van der Waals surface area contributed by atoms with Crippen molar-refractivity contribution < 1.29 is 9.85 Å². The lowest BCUT2D eigenvalue weighted by Crippen LogP contribution is -2.58. The molecule has 0 aromatic rings. The molecule has 2 aliphatic carbocycles. The monoisotopic (exact) mass is 286 g/mol. The fourth-order valence-corrected chi connectivity index (χ4v) is 3.28. The summed E-state index contributed by atoms with van der Waals surface area (Å²) in [5.74, 6) is 0. The molecule has 8 heteroatoms. The van der Waals surface area contributed by atoms with Crippen LogP contribution >= 0.6 is 0 Å². The van der Waals surface area contributed by atoms with E-state index >= 15 is 0 Å². The van der Waals surface area contributed by atoms with Crippen molar-refractivity contribution in [3.8, 4) is 0 Å². The van der Waals surface area contributed by atoms with Crippen LogP contribution in [0.3, 0.4) is 0 Å². The van der Waals surface area contributed by atoms with Gasteiger partial charge in [0.2, 0.25) is 12.1 Å².